The molecule has 2 N–H and O–H groups in total. The standard InChI is InChI=1S/C13H18N2O4/c1-9(2)3-5-11(16)14-12(17)6-4-10-7-8-15(10)13(18)19/h3-7,9-10,16-17H,8H2,1-2H3,(H,18,19)/q-4/p-1/b11-5-,12-6-. The molecule has 0 aromatic heterocycles. The summed E-state index contributed by atoms with van der Waals surface area (Å²) >= 11 is 0. The SMILES string of the molecule is CC(C)[CH-]/C=C(\O)[N-]/C([O-])=C/[CH-]C1[CH-]CN1C(=O)O. The minimum absolute atomic E-state index is 0.247. The van der Waals surface area contributed by atoms with E-state index in [-0.39, 0.29) is 11.8 Å². The highest BCUT2D eigenvalue weighted by molar-refractivity contribution is 5.68. The van der Waals surface area contributed by atoms with Gasteiger partial charge in [-0.3, -0.25) is 6.08 Å². The van der Waals surface area contributed by atoms with Gasteiger partial charge in [-0.15, -0.1) is 12.6 Å². The molecule has 1 saturated heterocycles. The third-order valence-corrected chi connectivity index (χ3v) is 2.44. The summed E-state index contributed by atoms with van der Waals surface area (Å²) in [5, 5.41) is 32.9. The Morgan fingerprint density at radius 2 is 2.21 bits per heavy atom. The van der Waals surface area contributed by atoms with Crippen LogP contribution in [0.15, 0.2) is 23.9 Å². The van der Waals surface area contributed by atoms with E-state index < -0.39 is 18.0 Å². The van der Waals surface area contributed by atoms with Crippen LogP contribution in [0.2, 0.25) is 0 Å². The molecular formula is C13H17N2O4-5. The van der Waals surface area contributed by atoms with Gasteiger partial charge in [0.15, 0.2) is 0 Å². The van der Waals surface area contributed by atoms with E-state index in [4.69, 9.17) is 5.11 Å². The molecule has 1 atom stereocenters. The number of aliphatic hydroxyl groups is 1. The zero-order valence-corrected chi connectivity index (χ0v) is 10.9. The number of aliphatic hydroxyl groups excluding tert-OH is 1. The zero-order valence-electron chi connectivity index (χ0n) is 10.9. The first-order valence-corrected chi connectivity index (χ1v) is 5.91. The maximum absolute atomic E-state index is 11.4. The van der Waals surface area contributed by atoms with Gasteiger partial charge in [0.2, 0.25) is 0 Å². The summed E-state index contributed by atoms with van der Waals surface area (Å²) in [4.78, 5) is 11.8. The van der Waals surface area contributed by atoms with Crippen molar-refractivity contribution in [3.8, 4) is 0 Å². The Labute approximate surface area is 113 Å². The Morgan fingerprint density at radius 3 is 2.68 bits per heavy atom. The number of likely N-dealkylation sites (tertiary alicyclic amines) is 1. The van der Waals surface area contributed by atoms with Crippen molar-refractivity contribution in [2.45, 2.75) is 19.9 Å². The topological polar surface area (TPSA) is 97.9 Å². The van der Waals surface area contributed by atoms with Gasteiger partial charge in [-0.05, 0) is 0 Å². The molecule has 0 saturated carbocycles. The molecule has 0 bridgehead atoms. The number of allylic oxidation sites excluding steroid dienone is 1. The minimum Gasteiger partial charge on any atom is -0.972 e. The van der Waals surface area contributed by atoms with Crippen LogP contribution in [0, 0.1) is 25.2 Å². The Kier molecular flexibility index (Phi) is 5.29. The molecule has 0 spiro atoms. The minimum atomic E-state index is -1.03. The van der Waals surface area contributed by atoms with Crippen molar-refractivity contribution in [2.75, 3.05) is 6.54 Å². The molecule has 1 fully saturated rings. The number of hydrogen-bond donors (Lipinski definition) is 2. The number of amides is 1. The molecule has 1 aliphatic heterocycles. The van der Waals surface area contributed by atoms with Gasteiger partial charge in [0.1, 0.15) is 0 Å². The normalized spacial score (nSPS) is 19.9. The highest BCUT2D eigenvalue weighted by Crippen LogP contribution is 2.20. The Balaban J connectivity index is 2.37. The van der Waals surface area contributed by atoms with Gasteiger partial charge in [0.25, 0.3) is 0 Å². The van der Waals surface area contributed by atoms with E-state index in [2.05, 4.69) is 5.32 Å². The van der Waals surface area contributed by atoms with Crippen LogP contribution in [0.1, 0.15) is 13.8 Å². The van der Waals surface area contributed by atoms with Crippen LogP contribution in [0.25, 0.3) is 5.32 Å². The fraction of sp³-hybridized carbons (Fsp3) is 0.385. The summed E-state index contributed by atoms with van der Waals surface area (Å²) in [5.41, 5.74) is 0. The Morgan fingerprint density at radius 1 is 1.53 bits per heavy atom. The molecule has 1 amide bonds. The van der Waals surface area contributed by atoms with E-state index in [1.807, 2.05) is 13.8 Å². The second-order valence-corrected chi connectivity index (χ2v) is 4.43. The Bertz CT molecular complexity index is 377. The first kappa shape index (κ1) is 14.9. The average molecular weight is 265 g/mol. The van der Waals surface area contributed by atoms with Crippen molar-refractivity contribution < 1.29 is 20.1 Å². The quantitative estimate of drug-likeness (QED) is 0.563. The number of carbonyl (C=O) groups is 1. The summed E-state index contributed by atoms with van der Waals surface area (Å²) < 4.78 is 0. The van der Waals surface area contributed by atoms with Gasteiger partial charge in [-0.2, -0.15) is 5.88 Å². The Hall–Kier alpha value is -2.11. The zero-order chi connectivity index (χ0) is 14.4. The molecule has 6 heteroatoms. The highest BCUT2D eigenvalue weighted by atomic mass is 16.4. The fourth-order valence-electron chi connectivity index (χ4n) is 1.37. The van der Waals surface area contributed by atoms with Crippen LogP contribution in [0.3, 0.4) is 0 Å². The summed E-state index contributed by atoms with van der Waals surface area (Å²) in [5.74, 6) is -0.746. The van der Waals surface area contributed by atoms with Gasteiger partial charge < -0.3 is 37.8 Å². The lowest BCUT2D eigenvalue weighted by Gasteiger charge is -2.54. The smallest absolute Gasteiger partial charge is 0.401 e. The van der Waals surface area contributed by atoms with Crippen molar-refractivity contribution >= 4 is 6.09 Å². The first-order valence-electron chi connectivity index (χ1n) is 5.91. The van der Waals surface area contributed by atoms with E-state index in [1.54, 1.807) is 12.8 Å². The van der Waals surface area contributed by atoms with Crippen LogP contribution < -0.4 is 5.11 Å². The van der Waals surface area contributed by atoms with Crippen molar-refractivity contribution in [2.24, 2.45) is 5.92 Å². The second-order valence-electron chi connectivity index (χ2n) is 4.43. The first-order chi connectivity index (χ1) is 8.90. The molecule has 1 rings (SSSR count). The van der Waals surface area contributed by atoms with Crippen molar-refractivity contribution in [3.63, 3.8) is 0 Å². The summed E-state index contributed by atoms with van der Waals surface area (Å²) in [6, 6.07) is -0.398. The largest absolute Gasteiger partial charge is 0.972 e. The number of nitrogens with zero attached hydrogens (tertiary/aromatic N) is 2. The predicted octanol–water partition coefficient (Wildman–Crippen LogP) is 1.59. The summed E-state index contributed by atoms with van der Waals surface area (Å²) in [6.07, 6.45) is 6.37. The number of rotatable bonds is 6. The molecule has 1 heterocycles. The van der Waals surface area contributed by atoms with E-state index in [1.165, 1.54) is 17.4 Å². The van der Waals surface area contributed by atoms with Gasteiger partial charge in [-0.25, -0.2) is 23.7 Å². The van der Waals surface area contributed by atoms with Gasteiger partial charge in [0.05, 0.1) is 0 Å². The van der Waals surface area contributed by atoms with Crippen molar-refractivity contribution in [3.05, 3.63) is 48.5 Å². The third kappa shape index (κ3) is 4.95. The van der Waals surface area contributed by atoms with Gasteiger partial charge >= 0.3 is 6.09 Å². The lowest BCUT2D eigenvalue weighted by atomic mass is 10.0. The van der Waals surface area contributed by atoms with Crippen LogP contribution in [-0.2, 0) is 0 Å². The maximum Gasteiger partial charge on any atom is 0.401 e. The van der Waals surface area contributed by atoms with E-state index in [9.17, 15) is 15.0 Å². The summed E-state index contributed by atoms with van der Waals surface area (Å²) in [6.45, 7) is 4.21. The van der Waals surface area contributed by atoms with Crippen molar-refractivity contribution in [1.29, 1.82) is 0 Å². The molecule has 0 radical (unpaired) electrons. The van der Waals surface area contributed by atoms with Gasteiger partial charge in [0, 0.05) is 0 Å². The van der Waals surface area contributed by atoms with Crippen LogP contribution in [-0.4, -0.2) is 33.8 Å². The molecule has 0 aliphatic carbocycles. The van der Waals surface area contributed by atoms with Crippen molar-refractivity contribution in [1.82, 2.24) is 4.90 Å². The van der Waals surface area contributed by atoms with Crippen LogP contribution in [0.5, 0.6) is 0 Å². The molecule has 6 nitrogen and oxygen atoms in total. The highest BCUT2D eigenvalue weighted by Gasteiger charge is 2.17. The lowest BCUT2D eigenvalue weighted by molar-refractivity contribution is -0.297. The maximum atomic E-state index is 11.4. The number of hydrogen-bond acceptors (Lipinski definition) is 3. The second kappa shape index (κ2) is 6.72. The predicted molar refractivity (Wildman–Crippen MR) is 68.4 cm³/mol. The monoisotopic (exact) mass is 265 g/mol. The molecule has 0 aromatic carbocycles. The van der Waals surface area contributed by atoms with Crippen LogP contribution in [0.4, 0.5) is 4.79 Å². The van der Waals surface area contributed by atoms with Gasteiger partial charge in [-0.1, -0.05) is 19.8 Å². The molecular weight excluding hydrogens is 248 g/mol. The van der Waals surface area contributed by atoms with E-state index >= 15 is 0 Å². The molecule has 1 unspecified atom stereocenters. The van der Waals surface area contributed by atoms with Crippen LogP contribution >= 0.6 is 0 Å². The lowest BCUT2D eigenvalue weighted by Crippen LogP contribution is -2.51. The summed E-state index contributed by atoms with van der Waals surface area (Å²) in [7, 11) is 0. The molecule has 0 aromatic rings. The molecule has 19 heavy (non-hydrogen) atoms. The van der Waals surface area contributed by atoms with E-state index in [0.717, 1.165) is 6.08 Å². The van der Waals surface area contributed by atoms with E-state index in [0.29, 0.717) is 6.54 Å². The average Bonchev–Trinajstić information content (AvgIpc) is 2.24. The molecule has 1 aliphatic rings. The third-order valence-electron chi connectivity index (χ3n) is 2.44. The number of carboxylic acid groups (broad SMARTS) is 1. The molecule has 108 valence electrons. The fourth-order valence-corrected chi connectivity index (χ4v) is 1.37.